The predicted octanol–water partition coefficient (Wildman–Crippen LogP) is 3.93. The first-order valence-corrected chi connectivity index (χ1v) is 13.9. The molecule has 218 valence electrons. The van der Waals surface area contributed by atoms with Crippen molar-refractivity contribution in [3.05, 3.63) is 69.7 Å². The van der Waals surface area contributed by atoms with Crippen molar-refractivity contribution in [2.24, 2.45) is 0 Å². The van der Waals surface area contributed by atoms with E-state index in [4.69, 9.17) is 23.2 Å². The minimum atomic E-state index is -0.633. The van der Waals surface area contributed by atoms with Crippen molar-refractivity contribution in [1.82, 2.24) is 15.5 Å². The molecule has 4 N–H and O–H groups in total. The second-order valence-corrected chi connectivity index (χ2v) is 10.6. The third kappa shape index (κ3) is 9.61. The minimum Gasteiger partial charge on any atom is -0.354 e. The van der Waals surface area contributed by atoms with Gasteiger partial charge in [-0.2, -0.15) is 0 Å². The Hall–Kier alpha value is -3.89. The van der Waals surface area contributed by atoms with Gasteiger partial charge in [0.25, 0.3) is 5.91 Å². The number of carbonyl (C=O) groups excluding carboxylic acids is 5. The Morgan fingerprint density at radius 3 is 2.27 bits per heavy atom. The lowest BCUT2D eigenvalue weighted by Gasteiger charge is -2.27. The highest BCUT2D eigenvalue weighted by Crippen LogP contribution is 2.25. The lowest BCUT2D eigenvalue weighted by Crippen LogP contribution is -2.45. The van der Waals surface area contributed by atoms with E-state index >= 15 is 0 Å². The van der Waals surface area contributed by atoms with Crippen LogP contribution in [0.3, 0.4) is 0 Å². The molecule has 2 aromatic rings. The first-order chi connectivity index (χ1) is 19.4. The average Bonchev–Trinajstić information content (AvgIpc) is 3.10. The standard InChI is InChI=1S/C29H33Cl2N5O5/c1-17(37)33-21-14-20(15-22(16-21)34-18(2)38)29(41)36(3)23(12-19-7-9-24(30)25(31)13-19)8-10-27(39)35-26-6-4-5-11-32-28(26)40/h7-10,13-16,23,26H,4-6,11-12H2,1-3H3,(H,32,40)(H,33,37)(H,34,38)(H,35,39)/b10-8+/t23-,26+/m0/s1. The Morgan fingerprint density at radius 2 is 1.66 bits per heavy atom. The summed E-state index contributed by atoms with van der Waals surface area (Å²) in [6.45, 7) is 3.24. The van der Waals surface area contributed by atoms with Gasteiger partial charge in [-0.05, 0) is 61.6 Å². The summed E-state index contributed by atoms with van der Waals surface area (Å²) in [7, 11) is 1.58. The molecule has 1 heterocycles. The van der Waals surface area contributed by atoms with E-state index in [1.807, 2.05) is 0 Å². The van der Waals surface area contributed by atoms with Crippen molar-refractivity contribution >= 4 is 64.1 Å². The zero-order chi connectivity index (χ0) is 30.1. The maximum absolute atomic E-state index is 13.7. The molecule has 0 aliphatic carbocycles. The van der Waals surface area contributed by atoms with Gasteiger partial charge in [-0.1, -0.05) is 35.3 Å². The summed E-state index contributed by atoms with van der Waals surface area (Å²) < 4.78 is 0. The second kappa shape index (κ2) is 14.7. The highest BCUT2D eigenvalue weighted by molar-refractivity contribution is 6.42. The number of amides is 5. The number of likely N-dealkylation sites (N-methyl/N-ethyl adjacent to an activating group) is 1. The topological polar surface area (TPSA) is 137 Å². The first kappa shape index (κ1) is 31.6. The van der Waals surface area contributed by atoms with Gasteiger partial charge < -0.3 is 26.2 Å². The largest absolute Gasteiger partial charge is 0.354 e. The molecule has 10 nitrogen and oxygen atoms in total. The number of halogens is 2. The maximum Gasteiger partial charge on any atom is 0.254 e. The predicted molar refractivity (Wildman–Crippen MR) is 159 cm³/mol. The molecule has 0 saturated carbocycles. The summed E-state index contributed by atoms with van der Waals surface area (Å²) in [6, 6.07) is 8.40. The van der Waals surface area contributed by atoms with E-state index in [1.165, 1.54) is 37.0 Å². The molecule has 0 aromatic heterocycles. The fourth-order valence-corrected chi connectivity index (χ4v) is 4.71. The smallest absolute Gasteiger partial charge is 0.254 e. The zero-order valence-electron chi connectivity index (χ0n) is 23.1. The van der Waals surface area contributed by atoms with Gasteiger partial charge in [0.2, 0.25) is 23.6 Å². The fraction of sp³-hybridized carbons (Fsp3) is 0.345. The Kier molecular flexibility index (Phi) is 11.3. The number of rotatable bonds is 9. The summed E-state index contributed by atoms with van der Waals surface area (Å²) in [4.78, 5) is 63.5. The molecule has 1 aliphatic rings. The van der Waals surface area contributed by atoms with Crippen LogP contribution >= 0.6 is 23.2 Å². The van der Waals surface area contributed by atoms with E-state index < -0.39 is 23.9 Å². The fourth-order valence-electron chi connectivity index (χ4n) is 4.39. The summed E-state index contributed by atoms with van der Waals surface area (Å²) in [5.74, 6) is -1.80. The molecular formula is C29H33Cl2N5O5. The van der Waals surface area contributed by atoms with E-state index in [0.717, 1.165) is 18.4 Å². The summed E-state index contributed by atoms with van der Waals surface area (Å²) in [6.07, 6.45) is 5.37. The highest BCUT2D eigenvalue weighted by Gasteiger charge is 2.24. The van der Waals surface area contributed by atoms with E-state index in [1.54, 1.807) is 37.4 Å². The third-order valence-electron chi connectivity index (χ3n) is 6.39. The zero-order valence-corrected chi connectivity index (χ0v) is 24.6. The van der Waals surface area contributed by atoms with Crippen molar-refractivity contribution in [1.29, 1.82) is 0 Å². The second-order valence-electron chi connectivity index (χ2n) is 9.80. The highest BCUT2D eigenvalue weighted by atomic mass is 35.5. The molecule has 1 aliphatic heterocycles. The summed E-state index contributed by atoms with van der Waals surface area (Å²) in [5.41, 5.74) is 1.63. The third-order valence-corrected chi connectivity index (χ3v) is 7.13. The van der Waals surface area contributed by atoms with E-state index in [9.17, 15) is 24.0 Å². The van der Waals surface area contributed by atoms with Crippen LogP contribution in [-0.2, 0) is 25.6 Å². The van der Waals surface area contributed by atoms with E-state index in [-0.39, 0.29) is 29.7 Å². The van der Waals surface area contributed by atoms with Crippen LogP contribution in [0.25, 0.3) is 0 Å². The number of nitrogens with zero attached hydrogens (tertiary/aromatic N) is 1. The molecule has 12 heteroatoms. The SMILES string of the molecule is CC(=O)Nc1cc(NC(C)=O)cc(C(=O)N(C)[C@@H](/C=C/C(=O)N[C@@H]2CCCCNC2=O)Cc2ccc(Cl)c(Cl)c2)c1. The van der Waals surface area contributed by atoms with Gasteiger partial charge in [-0.25, -0.2) is 0 Å². The molecule has 0 spiro atoms. The summed E-state index contributed by atoms with van der Waals surface area (Å²) >= 11 is 12.3. The number of carbonyl (C=O) groups is 5. The van der Waals surface area contributed by atoms with Crippen LogP contribution in [0.5, 0.6) is 0 Å². The Labute approximate surface area is 248 Å². The molecule has 0 bridgehead atoms. The number of benzene rings is 2. The summed E-state index contributed by atoms with van der Waals surface area (Å²) in [5, 5.41) is 11.5. The Bertz CT molecular complexity index is 1330. The van der Waals surface area contributed by atoms with Crippen molar-refractivity contribution in [3.63, 3.8) is 0 Å². The van der Waals surface area contributed by atoms with Gasteiger partial charge in [0.05, 0.1) is 16.1 Å². The van der Waals surface area contributed by atoms with Gasteiger partial charge in [-0.3, -0.25) is 24.0 Å². The molecule has 2 atom stereocenters. The molecule has 1 saturated heterocycles. The van der Waals surface area contributed by atoms with Crippen LogP contribution < -0.4 is 21.3 Å². The average molecular weight is 603 g/mol. The number of anilines is 2. The normalized spacial score (nSPS) is 15.8. The first-order valence-electron chi connectivity index (χ1n) is 13.1. The van der Waals surface area contributed by atoms with Crippen LogP contribution in [0.4, 0.5) is 11.4 Å². The monoisotopic (exact) mass is 601 g/mol. The van der Waals surface area contributed by atoms with Crippen LogP contribution in [0, 0.1) is 0 Å². The lowest BCUT2D eigenvalue weighted by molar-refractivity contribution is -0.126. The molecule has 0 unspecified atom stereocenters. The number of nitrogens with one attached hydrogen (secondary N) is 4. The van der Waals surface area contributed by atoms with Gasteiger partial charge in [-0.15, -0.1) is 0 Å². The molecule has 5 amide bonds. The van der Waals surface area contributed by atoms with Gasteiger partial charge >= 0.3 is 0 Å². The van der Waals surface area contributed by atoms with Gasteiger partial charge in [0.15, 0.2) is 0 Å². The van der Waals surface area contributed by atoms with Crippen LogP contribution in [-0.4, -0.2) is 60.1 Å². The van der Waals surface area contributed by atoms with Crippen molar-refractivity contribution in [3.8, 4) is 0 Å². The molecule has 2 aromatic carbocycles. The molecule has 41 heavy (non-hydrogen) atoms. The molecule has 3 rings (SSSR count). The van der Waals surface area contributed by atoms with Crippen molar-refractivity contribution in [2.45, 2.75) is 51.6 Å². The Balaban J connectivity index is 1.90. The molecule has 1 fully saturated rings. The molecule has 0 radical (unpaired) electrons. The van der Waals surface area contributed by atoms with Crippen molar-refractivity contribution < 1.29 is 24.0 Å². The van der Waals surface area contributed by atoms with E-state index in [2.05, 4.69) is 21.3 Å². The lowest BCUT2D eigenvalue weighted by atomic mass is 10.0. The van der Waals surface area contributed by atoms with Crippen LogP contribution in [0.15, 0.2) is 48.6 Å². The van der Waals surface area contributed by atoms with Crippen LogP contribution in [0.1, 0.15) is 49.0 Å². The number of hydrogen-bond acceptors (Lipinski definition) is 5. The quantitative estimate of drug-likeness (QED) is 0.323. The molecular weight excluding hydrogens is 569 g/mol. The van der Waals surface area contributed by atoms with Crippen LogP contribution in [0.2, 0.25) is 10.0 Å². The van der Waals surface area contributed by atoms with Crippen molar-refractivity contribution in [2.75, 3.05) is 24.2 Å². The number of hydrogen-bond donors (Lipinski definition) is 4. The van der Waals surface area contributed by atoms with Gasteiger partial charge in [0, 0.05) is 50.5 Å². The van der Waals surface area contributed by atoms with Gasteiger partial charge in [0.1, 0.15) is 6.04 Å². The Morgan fingerprint density at radius 1 is 1.00 bits per heavy atom. The van der Waals surface area contributed by atoms with E-state index in [0.29, 0.717) is 34.4 Å². The minimum absolute atomic E-state index is 0.203. The maximum atomic E-state index is 13.7.